The lowest BCUT2D eigenvalue weighted by atomic mass is 9.20. The van der Waals surface area contributed by atoms with Crippen molar-refractivity contribution in [2.45, 2.75) is 0 Å². The first kappa shape index (κ1) is 27.7. The van der Waals surface area contributed by atoms with E-state index in [1.165, 1.54) is 32.8 Å². The lowest BCUT2D eigenvalue weighted by Crippen LogP contribution is -2.76. The van der Waals surface area contributed by atoms with E-state index in [2.05, 4.69) is 143 Å². The quantitative estimate of drug-likeness (QED) is 0.218. The Morgan fingerprint density at radius 3 is 1.82 bits per heavy atom. The third-order valence-corrected chi connectivity index (χ3v) is 10.2. The Hall–Kier alpha value is -6.44. The zero-order chi connectivity index (χ0) is 32.5. The van der Waals surface area contributed by atoms with Crippen molar-refractivity contribution in [2.24, 2.45) is 0 Å². The van der Waals surface area contributed by atoms with Gasteiger partial charge >= 0.3 is 0 Å². The Balaban J connectivity index is 1.37. The Morgan fingerprint density at radius 2 is 1.08 bits per heavy atom. The fraction of sp³-hybridized carbons (Fsp3) is 0. The van der Waals surface area contributed by atoms with E-state index in [4.69, 9.17) is 4.74 Å². The SMILES string of the molecule is N#Cc1ccc(N2c3ccccc3Oc3c2cc2c4c3N(c3ccccc3)c3ccccc3B4c3ccccc3B2c2ccccc2)cc1. The van der Waals surface area contributed by atoms with Gasteiger partial charge in [-0.15, -0.1) is 0 Å². The number of rotatable bonds is 3. The van der Waals surface area contributed by atoms with Gasteiger partial charge in [-0.25, -0.2) is 0 Å². The third-order valence-electron chi connectivity index (χ3n) is 10.2. The van der Waals surface area contributed by atoms with Crippen molar-refractivity contribution in [1.82, 2.24) is 0 Å². The fourth-order valence-corrected chi connectivity index (χ4v) is 8.22. The van der Waals surface area contributed by atoms with E-state index in [1.807, 2.05) is 36.4 Å². The standard InChI is InChI=1S/C43H27B2N3O/c46-28-29-23-25-32(26-24-29)47-38-21-11-12-22-40(38)49-43-39(47)27-36-41-42(43)48(31-15-5-2-6-16-31)37-20-10-9-19-35(37)45(41)34-18-8-7-17-33(34)44(36)30-13-3-1-4-14-30/h1-27H. The minimum Gasteiger partial charge on any atom is -0.451 e. The molecule has 0 unspecified atom stereocenters. The van der Waals surface area contributed by atoms with Crippen molar-refractivity contribution < 1.29 is 4.74 Å². The largest absolute Gasteiger partial charge is 0.451 e. The van der Waals surface area contributed by atoms with Crippen molar-refractivity contribution >= 4 is 80.3 Å². The van der Waals surface area contributed by atoms with E-state index in [1.54, 1.807) is 0 Å². The van der Waals surface area contributed by atoms with Gasteiger partial charge < -0.3 is 14.5 Å². The molecule has 0 amide bonds. The van der Waals surface area contributed by atoms with Crippen molar-refractivity contribution in [2.75, 3.05) is 9.80 Å². The molecular formula is C43H27B2N3O. The maximum absolute atomic E-state index is 9.63. The first-order valence-electron chi connectivity index (χ1n) is 16.7. The van der Waals surface area contributed by atoms with Crippen LogP contribution in [0.2, 0.25) is 0 Å². The second-order valence-corrected chi connectivity index (χ2v) is 12.8. The highest BCUT2D eigenvalue weighted by Gasteiger charge is 2.48. The molecule has 0 aromatic heterocycles. The van der Waals surface area contributed by atoms with Crippen LogP contribution in [0.15, 0.2) is 164 Å². The van der Waals surface area contributed by atoms with Crippen LogP contribution in [0, 0.1) is 11.3 Å². The molecule has 7 aromatic rings. The van der Waals surface area contributed by atoms with Crippen LogP contribution in [-0.2, 0) is 0 Å². The summed E-state index contributed by atoms with van der Waals surface area (Å²) in [5.74, 6) is 1.60. The van der Waals surface area contributed by atoms with Crippen LogP contribution < -0.4 is 47.3 Å². The Labute approximate surface area is 286 Å². The van der Waals surface area contributed by atoms with Gasteiger partial charge in [0.1, 0.15) is 0 Å². The topological polar surface area (TPSA) is 39.5 Å². The average molecular weight is 623 g/mol. The summed E-state index contributed by atoms with van der Waals surface area (Å²) in [6.07, 6.45) is 0. The number of nitriles is 1. The molecule has 0 radical (unpaired) electrons. The zero-order valence-electron chi connectivity index (χ0n) is 26.5. The van der Waals surface area contributed by atoms with Crippen molar-refractivity contribution in [1.29, 1.82) is 5.26 Å². The van der Waals surface area contributed by atoms with E-state index in [9.17, 15) is 5.26 Å². The molecule has 0 fully saturated rings. The molecule has 4 nitrogen and oxygen atoms in total. The number of benzene rings is 7. The molecule has 10 rings (SSSR count). The maximum Gasteiger partial charge on any atom is 0.245 e. The Morgan fingerprint density at radius 1 is 0.490 bits per heavy atom. The van der Waals surface area contributed by atoms with Gasteiger partial charge in [-0.2, -0.15) is 5.26 Å². The molecule has 0 bridgehead atoms. The molecule has 0 saturated carbocycles. The van der Waals surface area contributed by atoms with Crippen molar-refractivity contribution in [3.8, 4) is 17.6 Å². The molecule has 6 heteroatoms. The smallest absolute Gasteiger partial charge is 0.245 e. The first-order valence-corrected chi connectivity index (χ1v) is 16.7. The summed E-state index contributed by atoms with van der Waals surface area (Å²) in [5, 5.41) is 9.63. The molecule has 49 heavy (non-hydrogen) atoms. The summed E-state index contributed by atoms with van der Waals surface area (Å²) in [4.78, 5) is 4.71. The van der Waals surface area contributed by atoms with Crippen molar-refractivity contribution in [3.63, 3.8) is 0 Å². The summed E-state index contributed by atoms with van der Waals surface area (Å²) in [7, 11) is 0. The summed E-state index contributed by atoms with van der Waals surface area (Å²) in [5.41, 5.74) is 14.5. The van der Waals surface area contributed by atoms with Gasteiger partial charge in [0.05, 0.1) is 28.7 Å². The third kappa shape index (κ3) is 4.06. The minimum atomic E-state index is 0.00979. The minimum absolute atomic E-state index is 0.00979. The number of hydrogen-bond acceptors (Lipinski definition) is 4. The molecule has 0 aliphatic carbocycles. The van der Waals surface area contributed by atoms with Gasteiger partial charge in [-0.1, -0.05) is 125 Å². The highest BCUT2D eigenvalue weighted by molar-refractivity contribution is 7.12. The summed E-state index contributed by atoms with van der Waals surface area (Å²) >= 11 is 0. The molecule has 226 valence electrons. The number of para-hydroxylation sites is 4. The lowest BCUT2D eigenvalue weighted by molar-refractivity contribution is 0.478. The highest BCUT2D eigenvalue weighted by Crippen LogP contribution is 2.55. The fourth-order valence-electron chi connectivity index (χ4n) is 8.22. The van der Waals surface area contributed by atoms with Crippen LogP contribution in [0.3, 0.4) is 0 Å². The number of anilines is 6. The monoisotopic (exact) mass is 623 g/mol. The van der Waals surface area contributed by atoms with E-state index >= 15 is 0 Å². The molecule has 0 N–H and O–H groups in total. The lowest BCUT2D eigenvalue weighted by Gasteiger charge is -2.45. The van der Waals surface area contributed by atoms with Gasteiger partial charge in [0.2, 0.25) is 13.4 Å². The van der Waals surface area contributed by atoms with Gasteiger partial charge in [-0.3, -0.25) is 0 Å². The van der Waals surface area contributed by atoms with Crippen LogP contribution >= 0.6 is 0 Å². The zero-order valence-corrected chi connectivity index (χ0v) is 26.5. The molecule has 0 saturated heterocycles. The van der Waals surface area contributed by atoms with Gasteiger partial charge in [0, 0.05) is 17.1 Å². The number of nitrogens with zero attached hydrogens (tertiary/aromatic N) is 3. The van der Waals surface area contributed by atoms with Crippen LogP contribution in [0.1, 0.15) is 5.56 Å². The average Bonchev–Trinajstić information content (AvgIpc) is 3.17. The van der Waals surface area contributed by atoms with Crippen LogP contribution in [-0.4, -0.2) is 13.4 Å². The second kappa shape index (κ2) is 10.8. The number of hydrogen-bond donors (Lipinski definition) is 0. The summed E-state index contributed by atoms with van der Waals surface area (Å²) in [6, 6.07) is 60.1. The molecule has 7 aromatic carbocycles. The van der Waals surface area contributed by atoms with E-state index in [0.29, 0.717) is 5.56 Å². The maximum atomic E-state index is 9.63. The Kier molecular flexibility index (Phi) is 6.10. The van der Waals surface area contributed by atoms with Gasteiger partial charge in [0.25, 0.3) is 0 Å². The van der Waals surface area contributed by atoms with E-state index in [-0.39, 0.29) is 13.4 Å². The van der Waals surface area contributed by atoms with E-state index < -0.39 is 0 Å². The van der Waals surface area contributed by atoms with Gasteiger partial charge in [0.15, 0.2) is 11.5 Å². The number of ether oxygens (including phenoxy) is 1. The number of fused-ring (bicyclic) bond motifs is 7. The van der Waals surface area contributed by atoms with Crippen LogP contribution in [0.4, 0.5) is 34.1 Å². The molecule has 0 spiro atoms. The molecule has 3 aliphatic heterocycles. The first-order chi connectivity index (χ1) is 24.3. The predicted molar refractivity (Wildman–Crippen MR) is 203 cm³/mol. The van der Waals surface area contributed by atoms with E-state index in [0.717, 1.165) is 45.6 Å². The Bertz CT molecular complexity index is 2450. The van der Waals surface area contributed by atoms with Crippen LogP contribution in [0.5, 0.6) is 11.5 Å². The molecule has 3 heterocycles. The van der Waals surface area contributed by atoms with Gasteiger partial charge in [-0.05, 0) is 71.6 Å². The van der Waals surface area contributed by atoms with Crippen molar-refractivity contribution in [3.05, 3.63) is 169 Å². The molecule has 0 atom stereocenters. The molecule has 3 aliphatic rings. The summed E-state index contributed by atoms with van der Waals surface area (Å²) in [6.45, 7) is 0.0299. The predicted octanol–water partition coefficient (Wildman–Crippen LogP) is 6.26. The highest BCUT2D eigenvalue weighted by atomic mass is 16.5. The van der Waals surface area contributed by atoms with Crippen LogP contribution in [0.25, 0.3) is 0 Å². The molecular weight excluding hydrogens is 596 g/mol. The summed E-state index contributed by atoms with van der Waals surface area (Å²) < 4.78 is 7.10. The second-order valence-electron chi connectivity index (χ2n) is 12.8. The normalized spacial score (nSPS) is 13.3.